The standard InChI is InChI=1S/C26H32N4O6/c1-2-3-18-36-26(35)30-16-14-29(15-17-30)25(34)22(12-13-23(31)32)28-24(33)21-11-7-10-20(27-21)19-8-5-4-6-9-19/h4-11,22H,2-3,12-18H2,1H3,(H,28,33)(H,31,32)/t22-/m0/s1. The lowest BCUT2D eigenvalue weighted by Gasteiger charge is -2.36. The molecule has 1 aromatic heterocycles. The van der Waals surface area contributed by atoms with Crippen molar-refractivity contribution in [3.05, 3.63) is 54.2 Å². The van der Waals surface area contributed by atoms with Gasteiger partial charge in [0.2, 0.25) is 5.91 Å². The van der Waals surface area contributed by atoms with Gasteiger partial charge in [-0.1, -0.05) is 49.7 Å². The average Bonchev–Trinajstić information content (AvgIpc) is 2.91. The molecule has 0 aliphatic carbocycles. The number of aromatic nitrogens is 1. The number of nitrogens with zero attached hydrogens (tertiary/aromatic N) is 3. The van der Waals surface area contributed by atoms with Crippen LogP contribution in [-0.2, 0) is 14.3 Å². The first-order valence-electron chi connectivity index (χ1n) is 12.1. The molecule has 1 saturated heterocycles. The Morgan fingerprint density at radius 1 is 1.00 bits per heavy atom. The van der Waals surface area contributed by atoms with Gasteiger partial charge in [-0.2, -0.15) is 0 Å². The first kappa shape index (κ1) is 26.7. The van der Waals surface area contributed by atoms with Crippen LogP contribution in [0.3, 0.4) is 0 Å². The summed E-state index contributed by atoms with van der Waals surface area (Å²) in [6.07, 6.45) is 0.967. The third-order valence-corrected chi connectivity index (χ3v) is 5.87. The van der Waals surface area contributed by atoms with Crippen LogP contribution < -0.4 is 5.32 Å². The fourth-order valence-electron chi connectivity index (χ4n) is 3.81. The Kier molecular flexibility index (Phi) is 9.79. The molecule has 0 unspecified atom stereocenters. The van der Waals surface area contributed by atoms with Gasteiger partial charge in [0.25, 0.3) is 5.91 Å². The quantitative estimate of drug-likeness (QED) is 0.484. The lowest BCUT2D eigenvalue weighted by Crippen LogP contribution is -2.56. The second-order valence-electron chi connectivity index (χ2n) is 8.51. The zero-order valence-electron chi connectivity index (χ0n) is 20.4. The van der Waals surface area contributed by atoms with Gasteiger partial charge in [-0.3, -0.25) is 14.4 Å². The molecule has 2 aromatic rings. The number of carbonyl (C=O) groups is 4. The van der Waals surface area contributed by atoms with Crippen LogP contribution in [0.4, 0.5) is 4.79 Å². The Balaban J connectivity index is 1.64. The number of nitrogens with one attached hydrogen (secondary N) is 1. The fourth-order valence-corrected chi connectivity index (χ4v) is 3.81. The summed E-state index contributed by atoms with van der Waals surface area (Å²) in [4.78, 5) is 57.0. The van der Waals surface area contributed by atoms with Crippen molar-refractivity contribution in [3.8, 4) is 11.3 Å². The van der Waals surface area contributed by atoms with Gasteiger partial charge in [0, 0.05) is 38.2 Å². The third-order valence-electron chi connectivity index (χ3n) is 5.87. The number of carboxylic acid groups (broad SMARTS) is 1. The van der Waals surface area contributed by atoms with E-state index in [0.717, 1.165) is 18.4 Å². The van der Waals surface area contributed by atoms with Gasteiger partial charge in [0.1, 0.15) is 11.7 Å². The molecule has 36 heavy (non-hydrogen) atoms. The molecule has 192 valence electrons. The molecule has 1 aliphatic rings. The molecule has 2 N–H and O–H groups in total. The maximum atomic E-state index is 13.2. The molecule has 2 heterocycles. The van der Waals surface area contributed by atoms with Crippen molar-refractivity contribution in [2.24, 2.45) is 0 Å². The first-order chi connectivity index (χ1) is 17.4. The molecule has 0 saturated carbocycles. The monoisotopic (exact) mass is 496 g/mol. The smallest absolute Gasteiger partial charge is 0.409 e. The summed E-state index contributed by atoms with van der Waals surface area (Å²) in [5.74, 6) is -2.01. The van der Waals surface area contributed by atoms with Crippen LogP contribution in [0.2, 0.25) is 0 Å². The highest BCUT2D eigenvalue weighted by atomic mass is 16.6. The van der Waals surface area contributed by atoms with Gasteiger partial charge in [0.15, 0.2) is 0 Å². The van der Waals surface area contributed by atoms with Gasteiger partial charge < -0.3 is 25.0 Å². The predicted molar refractivity (Wildman–Crippen MR) is 132 cm³/mol. The van der Waals surface area contributed by atoms with E-state index >= 15 is 0 Å². The van der Waals surface area contributed by atoms with Crippen molar-refractivity contribution in [3.63, 3.8) is 0 Å². The van der Waals surface area contributed by atoms with Crippen LogP contribution in [-0.4, -0.2) is 82.6 Å². The van der Waals surface area contributed by atoms with Gasteiger partial charge in [-0.25, -0.2) is 9.78 Å². The normalized spacial score (nSPS) is 14.1. The van der Waals surface area contributed by atoms with Crippen LogP contribution in [0.5, 0.6) is 0 Å². The number of unbranched alkanes of at least 4 members (excludes halogenated alkanes) is 1. The number of hydrogen-bond donors (Lipinski definition) is 2. The minimum absolute atomic E-state index is 0.0580. The lowest BCUT2D eigenvalue weighted by atomic mass is 10.1. The molecule has 1 aliphatic heterocycles. The van der Waals surface area contributed by atoms with Crippen LogP contribution >= 0.6 is 0 Å². The largest absolute Gasteiger partial charge is 0.481 e. The van der Waals surface area contributed by atoms with Crippen LogP contribution in [0.25, 0.3) is 11.3 Å². The number of aliphatic carboxylic acids is 1. The predicted octanol–water partition coefficient (Wildman–Crippen LogP) is 2.79. The average molecular weight is 497 g/mol. The number of benzene rings is 1. The lowest BCUT2D eigenvalue weighted by molar-refractivity contribution is -0.138. The van der Waals surface area contributed by atoms with Crippen molar-refractivity contribution < 1.29 is 29.0 Å². The minimum atomic E-state index is -1.06. The Morgan fingerprint density at radius 2 is 1.69 bits per heavy atom. The summed E-state index contributed by atoms with van der Waals surface area (Å²) in [6.45, 7) is 3.50. The van der Waals surface area contributed by atoms with Gasteiger partial charge in [0.05, 0.1) is 12.3 Å². The number of ether oxygens (including phenoxy) is 1. The van der Waals surface area contributed by atoms with Gasteiger partial charge in [-0.05, 0) is 25.0 Å². The number of rotatable bonds is 10. The number of carboxylic acids is 1. The van der Waals surface area contributed by atoms with Crippen molar-refractivity contribution in [2.75, 3.05) is 32.8 Å². The molecule has 0 bridgehead atoms. The molecule has 10 heteroatoms. The SMILES string of the molecule is CCCCOC(=O)N1CCN(C(=O)[C@H](CCC(=O)O)NC(=O)c2cccc(-c3ccccc3)n2)CC1. The molecule has 1 atom stereocenters. The van der Waals surface area contributed by atoms with E-state index in [1.807, 2.05) is 37.3 Å². The highest BCUT2D eigenvalue weighted by Gasteiger charge is 2.31. The zero-order valence-corrected chi connectivity index (χ0v) is 20.4. The molecular weight excluding hydrogens is 464 g/mol. The molecule has 1 fully saturated rings. The summed E-state index contributed by atoms with van der Waals surface area (Å²) < 4.78 is 5.23. The molecule has 10 nitrogen and oxygen atoms in total. The number of piperazine rings is 1. The summed E-state index contributed by atoms with van der Waals surface area (Å²) in [7, 11) is 0. The topological polar surface area (TPSA) is 129 Å². The van der Waals surface area contributed by atoms with E-state index < -0.39 is 24.0 Å². The maximum Gasteiger partial charge on any atom is 0.409 e. The molecule has 0 radical (unpaired) electrons. The van der Waals surface area contributed by atoms with E-state index in [2.05, 4.69) is 10.3 Å². The summed E-state index contributed by atoms with van der Waals surface area (Å²) in [5, 5.41) is 11.8. The number of hydrogen-bond acceptors (Lipinski definition) is 6. The van der Waals surface area contributed by atoms with Crippen molar-refractivity contribution in [1.82, 2.24) is 20.1 Å². The van der Waals surface area contributed by atoms with Crippen molar-refractivity contribution in [1.29, 1.82) is 0 Å². The molecular formula is C26H32N4O6. The molecule has 3 amide bonds. The Morgan fingerprint density at radius 3 is 2.36 bits per heavy atom. The summed E-state index contributed by atoms with van der Waals surface area (Å²) in [5.41, 5.74) is 1.58. The first-order valence-corrected chi connectivity index (χ1v) is 12.1. The van der Waals surface area contributed by atoms with E-state index in [1.165, 1.54) is 4.90 Å². The highest BCUT2D eigenvalue weighted by Crippen LogP contribution is 2.17. The van der Waals surface area contributed by atoms with Crippen LogP contribution in [0, 0.1) is 0 Å². The second-order valence-corrected chi connectivity index (χ2v) is 8.51. The van der Waals surface area contributed by atoms with Crippen molar-refractivity contribution >= 4 is 23.9 Å². The number of amides is 3. The van der Waals surface area contributed by atoms with Crippen LogP contribution in [0.15, 0.2) is 48.5 Å². The maximum absolute atomic E-state index is 13.2. The molecule has 0 spiro atoms. The van der Waals surface area contributed by atoms with Crippen LogP contribution in [0.1, 0.15) is 43.1 Å². The third kappa shape index (κ3) is 7.53. The summed E-state index contributed by atoms with van der Waals surface area (Å²) in [6, 6.07) is 13.4. The van der Waals surface area contributed by atoms with E-state index in [0.29, 0.717) is 25.4 Å². The Hall–Kier alpha value is -3.95. The van der Waals surface area contributed by atoms with E-state index in [-0.39, 0.29) is 37.5 Å². The number of carbonyl (C=O) groups excluding carboxylic acids is 3. The minimum Gasteiger partial charge on any atom is -0.481 e. The van der Waals surface area contributed by atoms with E-state index in [9.17, 15) is 19.2 Å². The van der Waals surface area contributed by atoms with E-state index in [1.54, 1.807) is 23.1 Å². The summed E-state index contributed by atoms with van der Waals surface area (Å²) >= 11 is 0. The van der Waals surface area contributed by atoms with E-state index in [4.69, 9.17) is 9.84 Å². The Bertz CT molecular complexity index is 1050. The molecule has 1 aromatic carbocycles. The van der Waals surface area contributed by atoms with Gasteiger partial charge in [-0.15, -0.1) is 0 Å². The fraction of sp³-hybridized carbons (Fsp3) is 0.423. The second kappa shape index (κ2) is 13.2. The number of pyridine rings is 1. The zero-order chi connectivity index (χ0) is 25.9. The molecule has 3 rings (SSSR count). The van der Waals surface area contributed by atoms with Gasteiger partial charge >= 0.3 is 12.1 Å². The highest BCUT2D eigenvalue weighted by molar-refractivity contribution is 5.96. The Labute approximate surface area is 210 Å². The van der Waals surface area contributed by atoms with Crippen molar-refractivity contribution in [2.45, 2.75) is 38.6 Å².